The molecule has 3 rings (SSSR count). The molecule has 6 nitrogen and oxygen atoms in total. The number of piperazine rings is 1. The molecule has 1 atom stereocenters. The Morgan fingerprint density at radius 3 is 2.79 bits per heavy atom. The number of rotatable bonds is 5. The normalized spacial score (nSPS) is 15.8. The van der Waals surface area contributed by atoms with Gasteiger partial charge in [0.1, 0.15) is 19.0 Å². The summed E-state index contributed by atoms with van der Waals surface area (Å²) in [6.07, 6.45) is 2.95. The second-order valence-corrected chi connectivity index (χ2v) is 6.67. The van der Waals surface area contributed by atoms with Crippen molar-refractivity contribution in [2.75, 3.05) is 26.2 Å². The lowest BCUT2D eigenvalue weighted by molar-refractivity contribution is 0.0587. The van der Waals surface area contributed by atoms with E-state index in [1.165, 1.54) is 0 Å². The first-order valence-corrected chi connectivity index (χ1v) is 9.00. The van der Waals surface area contributed by atoms with Crippen LogP contribution in [0.3, 0.4) is 0 Å². The molecule has 1 aliphatic rings. The molecule has 0 spiro atoms. The van der Waals surface area contributed by atoms with E-state index >= 15 is 0 Å². The molecule has 0 saturated carbocycles. The predicted octanol–water partition coefficient (Wildman–Crippen LogP) is 4.22. The number of nitrogens with one attached hydrogen (secondary N) is 1. The van der Waals surface area contributed by atoms with E-state index in [-0.39, 0.29) is 43.6 Å². The van der Waals surface area contributed by atoms with Crippen LogP contribution in [0.15, 0.2) is 42.7 Å². The van der Waals surface area contributed by atoms with Crippen LogP contribution in [-0.4, -0.2) is 48.3 Å². The summed E-state index contributed by atoms with van der Waals surface area (Å²) in [5.74, 6) is 0.669. The molecule has 1 aliphatic heterocycles. The van der Waals surface area contributed by atoms with E-state index in [0.717, 1.165) is 5.56 Å². The van der Waals surface area contributed by atoms with Crippen molar-refractivity contribution < 1.29 is 14.3 Å². The van der Waals surface area contributed by atoms with E-state index in [0.29, 0.717) is 42.0 Å². The predicted molar refractivity (Wildman–Crippen MR) is 114 cm³/mol. The minimum absolute atomic E-state index is 0. The summed E-state index contributed by atoms with van der Waals surface area (Å²) in [6.45, 7) is 2.41. The van der Waals surface area contributed by atoms with Gasteiger partial charge in [-0.3, -0.25) is 9.88 Å². The van der Waals surface area contributed by atoms with Crippen LogP contribution >= 0.6 is 48.0 Å². The van der Waals surface area contributed by atoms with E-state index in [4.69, 9.17) is 32.7 Å². The summed E-state index contributed by atoms with van der Waals surface area (Å²) in [5.41, 5.74) is 0.783. The van der Waals surface area contributed by atoms with E-state index in [1.54, 1.807) is 41.6 Å². The van der Waals surface area contributed by atoms with Gasteiger partial charge in [0.05, 0.1) is 22.3 Å². The van der Waals surface area contributed by atoms with Crippen molar-refractivity contribution in [2.24, 2.45) is 0 Å². The van der Waals surface area contributed by atoms with Crippen molar-refractivity contribution in [1.82, 2.24) is 15.2 Å². The van der Waals surface area contributed by atoms with Gasteiger partial charge in [-0.25, -0.2) is 4.79 Å². The van der Waals surface area contributed by atoms with Crippen LogP contribution in [-0.2, 0) is 11.3 Å². The molecule has 1 N–H and O–H groups in total. The van der Waals surface area contributed by atoms with Crippen LogP contribution in [0.5, 0.6) is 5.75 Å². The average molecular weight is 469 g/mol. The molecule has 1 fully saturated rings. The van der Waals surface area contributed by atoms with Gasteiger partial charge in [0, 0.05) is 25.8 Å². The third-order valence-electron chi connectivity index (χ3n) is 4.01. The summed E-state index contributed by atoms with van der Waals surface area (Å²) in [7, 11) is 0. The van der Waals surface area contributed by atoms with E-state index in [1.807, 2.05) is 6.07 Å². The number of hydrogen-bond donors (Lipinski definition) is 1. The highest BCUT2D eigenvalue weighted by atomic mass is 35.5. The molecule has 0 aliphatic carbocycles. The first-order valence-electron chi connectivity index (χ1n) is 8.24. The summed E-state index contributed by atoms with van der Waals surface area (Å²) in [5, 5.41) is 4.17. The topological polar surface area (TPSA) is 63.7 Å². The summed E-state index contributed by atoms with van der Waals surface area (Å²) in [4.78, 5) is 18.2. The summed E-state index contributed by atoms with van der Waals surface area (Å²) >= 11 is 11.9. The van der Waals surface area contributed by atoms with Crippen molar-refractivity contribution in [3.63, 3.8) is 0 Å². The lowest BCUT2D eigenvalue weighted by atomic mass is 10.2. The number of aromatic nitrogens is 1. The van der Waals surface area contributed by atoms with Gasteiger partial charge >= 0.3 is 6.09 Å². The van der Waals surface area contributed by atoms with Gasteiger partial charge in [-0.15, -0.1) is 24.8 Å². The highest BCUT2D eigenvalue weighted by Gasteiger charge is 2.28. The Balaban J connectivity index is 0.00000196. The number of nitrogens with zero attached hydrogens (tertiary/aromatic N) is 2. The van der Waals surface area contributed by atoms with Crippen molar-refractivity contribution in [3.05, 3.63) is 58.3 Å². The zero-order chi connectivity index (χ0) is 18.4. The van der Waals surface area contributed by atoms with Crippen LogP contribution in [0.4, 0.5) is 4.79 Å². The Labute approximate surface area is 186 Å². The van der Waals surface area contributed by atoms with Crippen LogP contribution in [0, 0.1) is 0 Å². The first kappa shape index (κ1) is 24.6. The Bertz CT molecular complexity index is 752. The van der Waals surface area contributed by atoms with Gasteiger partial charge in [0.15, 0.2) is 0 Å². The maximum atomic E-state index is 12.5. The Kier molecular flexibility index (Phi) is 10.7. The Morgan fingerprint density at radius 1 is 1.25 bits per heavy atom. The van der Waals surface area contributed by atoms with Gasteiger partial charge < -0.3 is 14.8 Å². The van der Waals surface area contributed by atoms with Crippen LogP contribution in [0.1, 0.15) is 5.56 Å². The highest BCUT2D eigenvalue weighted by Crippen LogP contribution is 2.23. The zero-order valence-corrected chi connectivity index (χ0v) is 18.0. The molecule has 154 valence electrons. The number of amides is 1. The zero-order valence-electron chi connectivity index (χ0n) is 14.8. The largest absolute Gasteiger partial charge is 0.490 e. The quantitative estimate of drug-likeness (QED) is 0.711. The number of carbonyl (C=O) groups excluding carboxylic acids is 1. The number of halogens is 4. The SMILES string of the molecule is Cl.Cl.O=C(OCc1ccc(Cl)c(Cl)c1)N1CCNCC1COc1cccnc1. The van der Waals surface area contributed by atoms with Crippen LogP contribution in [0.2, 0.25) is 10.0 Å². The molecule has 1 saturated heterocycles. The summed E-state index contributed by atoms with van der Waals surface area (Å²) < 4.78 is 11.2. The lowest BCUT2D eigenvalue weighted by Crippen LogP contribution is -2.56. The molecule has 1 aromatic carbocycles. The fourth-order valence-corrected chi connectivity index (χ4v) is 2.95. The van der Waals surface area contributed by atoms with Gasteiger partial charge in [-0.1, -0.05) is 29.3 Å². The van der Waals surface area contributed by atoms with Gasteiger partial charge in [0.25, 0.3) is 0 Å². The molecule has 2 heterocycles. The van der Waals surface area contributed by atoms with Crippen molar-refractivity contribution >= 4 is 54.1 Å². The van der Waals surface area contributed by atoms with E-state index < -0.39 is 0 Å². The lowest BCUT2D eigenvalue weighted by Gasteiger charge is -2.35. The summed E-state index contributed by atoms with van der Waals surface area (Å²) in [6, 6.07) is 8.67. The number of ether oxygens (including phenoxy) is 2. The van der Waals surface area contributed by atoms with Crippen molar-refractivity contribution in [2.45, 2.75) is 12.6 Å². The van der Waals surface area contributed by atoms with Crippen LogP contribution < -0.4 is 10.1 Å². The number of benzene rings is 1. The Hall–Kier alpha value is -1.44. The molecule has 1 amide bonds. The second kappa shape index (κ2) is 12.2. The van der Waals surface area contributed by atoms with Gasteiger partial charge in [-0.2, -0.15) is 0 Å². The highest BCUT2D eigenvalue weighted by molar-refractivity contribution is 6.42. The minimum atomic E-state index is -0.377. The third kappa shape index (κ3) is 6.87. The Morgan fingerprint density at radius 2 is 2.07 bits per heavy atom. The molecular formula is C18H21Cl4N3O3. The number of hydrogen-bond acceptors (Lipinski definition) is 5. The smallest absolute Gasteiger partial charge is 0.410 e. The maximum Gasteiger partial charge on any atom is 0.410 e. The van der Waals surface area contributed by atoms with Crippen molar-refractivity contribution in [1.29, 1.82) is 0 Å². The number of pyridine rings is 1. The molecular weight excluding hydrogens is 448 g/mol. The first-order chi connectivity index (χ1) is 12.6. The second-order valence-electron chi connectivity index (χ2n) is 5.85. The molecule has 10 heteroatoms. The molecule has 2 aromatic rings. The molecule has 1 unspecified atom stereocenters. The van der Waals surface area contributed by atoms with E-state index in [9.17, 15) is 4.79 Å². The maximum absolute atomic E-state index is 12.5. The molecule has 0 radical (unpaired) electrons. The third-order valence-corrected chi connectivity index (χ3v) is 4.75. The van der Waals surface area contributed by atoms with Gasteiger partial charge in [-0.05, 0) is 29.8 Å². The molecule has 0 bridgehead atoms. The standard InChI is InChI=1S/C18H19Cl2N3O3.2ClH/c19-16-4-3-13(8-17(16)20)11-26-18(24)23-7-6-22-9-14(23)12-25-15-2-1-5-21-10-15;;/h1-5,8,10,14,22H,6-7,9,11-12H2;2*1H. The number of carbonyl (C=O) groups is 1. The van der Waals surface area contributed by atoms with Crippen LogP contribution in [0.25, 0.3) is 0 Å². The van der Waals surface area contributed by atoms with Gasteiger partial charge in [0.2, 0.25) is 0 Å². The minimum Gasteiger partial charge on any atom is -0.490 e. The fourth-order valence-electron chi connectivity index (χ4n) is 2.63. The average Bonchev–Trinajstić information content (AvgIpc) is 2.68. The van der Waals surface area contributed by atoms with Crippen molar-refractivity contribution in [3.8, 4) is 5.75 Å². The molecule has 1 aromatic heterocycles. The van der Waals surface area contributed by atoms with E-state index in [2.05, 4.69) is 10.3 Å². The molecule has 28 heavy (non-hydrogen) atoms. The fraction of sp³-hybridized carbons (Fsp3) is 0.333. The monoisotopic (exact) mass is 467 g/mol.